The Hall–Kier alpha value is -2.73. The zero-order valence-corrected chi connectivity index (χ0v) is 14.8. The van der Waals surface area contributed by atoms with E-state index in [-0.39, 0.29) is 11.7 Å². The van der Waals surface area contributed by atoms with Gasteiger partial charge in [0.2, 0.25) is 0 Å². The summed E-state index contributed by atoms with van der Waals surface area (Å²) in [5, 5.41) is 13.1. The summed E-state index contributed by atoms with van der Waals surface area (Å²) in [7, 11) is 0. The average Bonchev–Trinajstić information content (AvgIpc) is 2.92. The highest BCUT2D eigenvalue weighted by atomic mass is 32.2. The van der Waals surface area contributed by atoms with Crippen LogP contribution in [0.1, 0.15) is 18.1 Å². The number of aromatic hydroxyl groups is 1. The smallest absolute Gasteiger partial charge is 0.264 e. The van der Waals surface area contributed by atoms with E-state index in [1.165, 1.54) is 11.8 Å². The molecule has 2 aromatic carbocycles. The fraction of sp³-hybridized carbons (Fsp3) is 0.158. The van der Waals surface area contributed by atoms with Crippen molar-refractivity contribution in [2.75, 3.05) is 6.61 Å². The van der Waals surface area contributed by atoms with Crippen LogP contribution in [0.3, 0.4) is 0 Å². The molecule has 0 atom stereocenters. The largest absolute Gasteiger partial charge is 0.504 e. The third-order valence-corrected chi connectivity index (χ3v) is 4.41. The van der Waals surface area contributed by atoms with Gasteiger partial charge in [-0.15, -0.1) is 0 Å². The molecule has 1 aliphatic rings. The van der Waals surface area contributed by atoms with Gasteiger partial charge in [-0.3, -0.25) is 4.79 Å². The number of amidine groups is 1. The fourth-order valence-corrected chi connectivity index (χ4v) is 3.10. The van der Waals surface area contributed by atoms with Crippen molar-refractivity contribution < 1.29 is 14.6 Å². The number of ether oxygens (including phenoxy) is 1. The van der Waals surface area contributed by atoms with Crippen molar-refractivity contribution in [1.82, 2.24) is 5.32 Å². The second-order valence-electron chi connectivity index (χ2n) is 5.48. The van der Waals surface area contributed by atoms with Crippen LogP contribution < -0.4 is 10.1 Å². The molecule has 128 valence electrons. The maximum absolute atomic E-state index is 12.1. The molecule has 0 saturated carbocycles. The first-order chi connectivity index (χ1) is 12.0. The number of aliphatic imine (C=N–C) groups is 1. The molecule has 25 heavy (non-hydrogen) atoms. The number of carbonyl (C=O) groups is 1. The maximum Gasteiger partial charge on any atom is 0.264 e. The minimum absolute atomic E-state index is 0.0779. The summed E-state index contributed by atoms with van der Waals surface area (Å²) in [6.07, 6.45) is 1.75. The van der Waals surface area contributed by atoms with Crippen LogP contribution in [0.2, 0.25) is 0 Å². The molecule has 1 aliphatic heterocycles. The lowest BCUT2D eigenvalue weighted by atomic mass is 10.2. The number of phenols is 1. The Balaban J connectivity index is 1.81. The van der Waals surface area contributed by atoms with Crippen LogP contribution in [0, 0.1) is 6.92 Å². The minimum Gasteiger partial charge on any atom is -0.504 e. The Morgan fingerprint density at radius 1 is 1.24 bits per heavy atom. The van der Waals surface area contributed by atoms with Crippen molar-refractivity contribution in [2.45, 2.75) is 13.8 Å². The summed E-state index contributed by atoms with van der Waals surface area (Å²) in [5.74, 6) is 0.282. The molecule has 3 rings (SSSR count). The molecule has 0 bridgehead atoms. The molecule has 2 aromatic rings. The molecule has 1 fully saturated rings. The molecular weight excluding hydrogens is 336 g/mol. The Bertz CT molecular complexity index is 857. The summed E-state index contributed by atoms with van der Waals surface area (Å²) >= 11 is 1.28. The topological polar surface area (TPSA) is 70.9 Å². The number of aryl methyl sites for hydroxylation is 1. The number of thioether (sulfide) groups is 1. The van der Waals surface area contributed by atoms with Crippen LogP contribution in [0.15, 0.2) is 52.4 Å². The van der Waals surface area contributed by atoms with E-state index in [0.717, 1.165) is 16.8 Å². The van der Waals surface area contributed by atoms with Crippen molar-refractivity contribution in [3.05, 3.63) is 58.5 Å². The fourth-order valence-electron chi connectivity index (χ4n) is 2.26. The van der Waals surface area contributed by atoms with Crippen LogP contribution in [-0.4, -0.2) is 22.8 Å². The number of carbonyl (C=O) groups excluding carboxylic acids is 1. The van der Waals surface area contributed by atoms with E-state index in [1.807, 2.05) is 38.1 Å². The van der Waals surface area contributed by atoms with Gasteiger partial charge in [0.1, 0.15) is 0 Å². The molecule has 0 aromatic heterocycles. The standard InChI is InChI=1S/C19H18N2O3S/c1-3-24-16-10-13(6-9-15(16)22)11-17-18(23)21-19(25-17)20-14-7-4-12(2)5-8-14/h4-11,22H,3H2,1-2H3,(H,20,21,23). The number of phenolic OH excluding ortho intramolecular Hbond substituents is 1. The molecule has 5 nitrogen and oxygen atoms in total. The Kier molecular flexibility index (Phi) is 5.09. The van der Waals surface area contributed by atoms with Gasteiger partial charge in [-0.05, 0) is 61.5 Å². The second-order valence-corrected chi connectivity index (χ2v) is 6.51. The summed E-state index contributed by atoms with van der Waals surface area (Å²) in [6.45, 7) is 4.31. The van der Waals surface area contributed by atoms with Crippen molar-refractivity contribution in [1.29, 1.82) is 0 Å². The number of nitrogens with zero attached hydrogens (tertiary/aromatic N) is 1. The van der Waals surface area contributed by atoms with E-state index < -0.39 is 0 Å². The van der Waals surface area contributed by atoms with Crippen molar-refractivity contribution >= 4 is 34.6 Å². The molecule has 6 heteroatoms. The van der Waals surface area contributed by atoms with Crippen LogP contribution in [-0.2, 0) is 4.79 Å². The Morgan fingerprint density at radius 2 is 2.00 bits per heavy atom. The molecule has 1 heterocycles. The molecule has 1 amide bonds. The lowest BCUT2D eigenvalue weighted by Gasteiger charge is -2.06. The lowest BCUT2D eigenvalue weighted by molar-refractivity contribution is -0.115. The molecular formula is C19H18N2O3S. The predicted molar refractivity (Wildman–Crippen MR) is 101 cm³/mol. The number of rotatable bonds is 4. The van der Waals surface area contributed by atoms with E-state index >= 15 is 0 Å². The predicted octanol–water partition coefficient (Wildman–Crippen LogP) is 3.99. The normalized spacial score (nSPS) is 17.1. The summed E-state index contributed by atoms with van der Waals surface area (Å²) in [4.78, 5) is 17.1. The van der Waals surface area contributed by atoms with Gasteiger partial charge in [-0.2, -0.15) is 0 Å². The first-order valence-corrected chi connectivity index (χ1v) is 8.69. The van der Waals surface area contributed by atoms with Crippen LogP contribution in [0.5, 0.6) is 11.5 Å². The van der Waals surface area contributed by atoms with Crippen LogP contribution in [0.4, 0.5) is 5.69 Å². The molecule has 2 N–H and O–H groups in total. The molecule has 0 unspecified atom stereocenters. The first-order valence-electron chi connectivity index (χ1n) is 7.87. The zero-order valence-electron chi connectivity index (χ0n) is 13.9. The van der Waals surface area contributed by atoms with E-state index in [4.69, 9.17) is 4.74 Å². The SMILES string of the molecule is CCOc1cc(C=C2SC(=Nc3ccc(C)cc3)NC2=O)ccc1O. The first kappa shape index (κ1) is 17.1. The monoisotopic (exact) mass is 354 g/mol. The van der Waals surface area contributed by atoms with Gasteiger partial charge in [-0.1, -0.05) is 23.8 Å². The zero-order chi connectivity index (χ0) is 17.8. The highest BCUT2D eigenvalue weighted by Crippen LogP contribution is 2.31. The number of benzene rings is 2. The van der Waals surface area contributed by atoms with Crippen molar-refractivity contribution in [2.24, 2.45) is 4.99 Å². The van der Waals surface area contributed by atoms with Crippen molar-refractivity contribution in [3.8, 4) is 11.5 Å². The lowest BCUT2D eigenvalue weighted by Crippen LogP contribution is -2.19. The van der Waals surface area contributed by atoms with Gasteiger partial charge in [0.05, 0.1) is 17.2 Å². The Labute approximate surface area is 150 Å². The van der Waals surface area contributed by atoms with E-state index in [9.17, 15) is 9.90 Å². The summed E-state index contributed by atoms with van der Waals surface area (Å²) in [6, 6.07) is 12.8. The molecule has 1 saturated heterocycles. The van der Waals surface area contributed by atoms with Gasteiger partial charge in [0, 0.05) is 0 Å². The highest BCUT2D eigenvalue weighted by molar-refractivity contribution is 8.18. The van der Waals surface area contributed by atoms with Gasteiger partial charge in [-0.25, -0.2) is 4.99 Å². The number of hydrogen-bond acceptors (Lipinski definition) is 5. The number of nitrogens with one attached hydrogen (secondary N) is 1. The number of amides is 1. The van der Waals surface area contributed by atoms with E-state index in [1.54, 1.807) is 24.3 Å². The van der Waals surface area contributed by atoms with Gasteiger partial charge in [0.15, 0.2) is 16.7 Å². The van der Waals surface area contributed by atoms with Gasteiger partial charge >= 0.3 is 0 Å². The van der Waals surface area contributed by atoms with Crippen LogP contribution >= 0.6 is 11.8 Å². The highest BCUT2D eigenvalue weighted by Gasteiger charge is 2.23. The van der Waals surface area contributed by atoms with E-state index in [2.05, 4.69) is 10.3 Å². The average molecular weight is 354 g/mol. The van der Waals surface area contributed by atoms with E-state index in [0.29, 0.717) is 22.4 Å². The number of hydrogen-bond donors (Lipinski definition) is 2. The summed E-state index contributed by atoms with van der Waals surface area (Å²) in [5.41, 5.74) is 2.72. The molecule has 0 aliphatic carbocycles. The van der Waals surface area contributed by atoms with Crippen LogP contribution in [0.25, 0.3) is 6.08 Å². The molecule has 0 radical (unpaired) electrons. The summed E-state index contributed by atoms with van der Waals surface area (Å²) < 4.78 is 5.37. The van der Waals surface area contributed by atoms with Crippen molar-refractivity contribution in [3.63, 3.8) is 0 Å². The third kappa shape index (κ3) is 4.22. The van der Waals surface area contributed by atoms with Gasteiger partial charge in [0.25, 0.3) is 5.91 Å². The minimum atomic E-state index is -0.193. The maximum atomic E-state index is 12.1. The quantitative estimate of drug-likeness (QED) is 0.815. The second kappa shape index (κ2) is 7.44. The molecule has 0 spiro atoms. The Morgan fingerprint density at radius 3 is 2.72 bits per heavy atom. The third-order valence-electron chi connectivity index (χ3n) is 3.50. The van der Waals surface area contributed by atoms with Gasteiger partial charge < -0.3 is 15.2 Å².